The first-order chi connectivity index (χ1) is 19.8. The molecule has 4 aromatic carbocycles. The van der Waals surface area contributed by atoms with Crippen molar-refractivity contribution in [1.29, 1.82) is 0 Å². The molecule has 220 valence electrons. The van der Waals surface area contributed by atoms with Crippen LogP contribution in [-0.2, 0) is 0 Å². The van der Waals surface area contributed by atoms with Gasteiger partial charge in [0.25, 0.3) is 0 Å². The second-order valence-electron chi connectivity index (χ2n) is 9.82. The number of halogens is 3. The van der Waals surface area contributed by atoms with Crippen molar-refractivity contribution in [2.24, 2.45) is 0 Å². The van der Waals surface area contributed by atoms with Gasteiger partial charge in [0.05, 0.1) is 14.9 Å². The van der Waals surface area contributed by atoms with Crippen LogP contribution >= 0.6 is 31.9 Å². The molecule has 0 bridgehead atoms. The first-order valence-corrected chi connectivity index (χ1v) is 15.7. The molecule has 1 unspecified atom stereocenters. The second-order valence-corrected chi connectivity index (χ2v) is 12.4. The molecule has 0 aliphatic heterocycles. The Labute approximate surface area is 266 Å². The third-order valence-electron chi connectivity index (χ3n) is 6.41. The molecule has 0 saturated carbocycles. The highest BCUT2D eigenvalue weighted by Crippen LogP contribution is 2.31. The maximum Gasteiger partial charge on any atom is 0.0777 e. The Morgan fingerprint density at radius 1 is 0.643 bits per heavy atom. The van der Waals surface area contributed by atoms with Gasteiger partial charge in [0, 0.05) is 54.4 Å². The summed E-state index contributed by atoms with van der Waals surface area (Å²) in [4.78, 5) is 4.25. The number of rotatable bonds is 8. The monoisotopic (exact) mass is 714 g/mol. The molecule has 0 amide bonds. The summed E-state index contributed by atoms with van der Waals surface area (Å²) in [6, 6.07) is 34.7. The minimum absolute atomic E-state index is 0.142. The van der Waals surface area contributed by atoms with Crippen molar-refractivity contribution in [3.05, 3.63) is 146 Å². The van der Waals surface area contributed by atoms with Gasteiger partial charge < -0.3 is 9.80 Å². The molecule has 42 heavy (non-hydrogen) atoms. The number of allylic oxidation sites excluding steroid dienone is 3. The van der Waals surface area contributed by atoms with Gasteiger partial charge >= 0.3 is 0 Å². The zero-order valence-corrected chi connectivity index (χ0v) is 27.7. The maximum atomic E-state index is 8.60. The third kappa shape index (κ3) is 10.7. The fourth-order valence-corrected chi connectivity index (χ4v) is 4.78. The van der Waals surface area contributed by atoms with E-state index in [4.69, 9.17) is 18.6 Å². The van der Waals surface area contributed by atoms with Crippen molar-refractivity contribution < 1.29 is 28.9 Å². The Hall–Kier alpha value is -2.95. The van der Waals surface area contributed by atoms with Crippen LogP contribution in [0.25, 0.3) is 5.57 Å². The van der Waals surface area contributed by atoms with Crippen molar-refractivity contribution in [2.45, 2.75) is 5.92 Å². The van der Waals surface area contributed by atoms with E-state index < -0.39 is 10.2 Å². The predicted molar refractivity (Wildman–Crippen MR) is 170 cm³/mol. The predicted octanol–water partition coefficient (Wildman–Crippen LogP) is 5.04. The van der Waals surface area contributed by atoms with Gasteiger partial charge in [-0.25, -0.2) is 0 Å². The molecular formula is C33H33Br2ClN2O4. The summed E-state index contributed by atoms with van der Waals surface area (Å²) in [6.45, 7) is 0. The number of benzene rings is 4. The molecule has 4 rings (SSSR count). The van der Waals surface area contributed by atoms with Crippen molar-refractivity contribution in [3.63, 3.8) is 0 Å². The summed E-state index contributed by atoms with van der Waals surface area (Å²) >= 11 is 7.15. The van der Waals surface area contributed by atoms with Crippen LogP contribution in [0.2, 0.25) is 0 Å². The molecule has 0 radical (unpaired) electrons. The molecule has 0 aliphatic rings. The van der Waals surface area contributed by atoms with Gasteiger partial charge in [0.1, 0.15) is 0 Å². The molecule has 9 heteroatoms. The standard InChI is InChI=1S/C33H32Br2N2.ClHO4/c1-36(2)30-20-12-26(13-21-30)32(24-8-16-28(34)17-9-24)6-5-7-33(25-10-18-29(35)19-11-25)27-14-22-31(23-15-27)37(3)4;2-1(3,4)5/h5-23,32H,1-4H3;(H,2,3,4,5). The van der Waals surface area contributed by atoms with Crippen molar-refractivity contribution in [2.75, 3.05) is 38.0 Å². The summed E-state index contributed by atoms with van der Waals surface area (Å²) < 4.78 is 34.9. The summed E-state index contributed by atoms with van der Waals surface area (Å²) in [5, 5.41) is 0. The Bertz CT molecular complexity index is 1460. The molecule has 0 fully saturated rings. The molecule has 0 spiro atoms. The zero-order valence-electron chi connectivity index (χ0n) is 23.7. The van der Waals surface area contributed by atoms with Crippen LogP contribution in [0.1, 0.15) is 28.2 Å². The number of nitrogens with zero attached hydrogens (tertiary/aromatic N) is 2. The van der Waals surface area contributed by atoms with E-state index >= 15 is 0 Å². The molecule has 0 heterocycles. The lowest BCUT2D eigenvalue weighted by molar-refractivity contribution is -1.92. The number of hydrogen-bond donors (Lipinski definition) is 1. The maximum absolute atomic E-state index is 8.60. The van der Waals surface area contributed by atoms with E-state index in [0.29, 0.717) is 0 Å². The summed E-state index contributed by atoms with van der Waals surface area (Å²) in [5.74, 6) is 0.142. The van der Waals surface area contributed by atoms with Gasteiger partial charge in [0.2, 0.25) is 0 Å². The van der Waals surface area contributed by atoms with Crippen molar-refractivity contribution >= 4 is 48.8 Å². The quantitative estimate of drug-likeness (QED) is 0.257. The fraction of sp³-hybridized carbons (Fsp3) is 0.152. The van der Waals surface area contributed by atoms with E-state index in [0.717, 1.165) is 8.95 Å². The van der Waals surface area contributed by atoms with Crippen molar-refractivity contribution in [1.82, 2.24) is 0 Å². The lowest BCUT2D eigenvalue weighted by atomic mass is 9.90. The topological polar surface area (TPSA) is 95.9 Å². The molecule has 4 aromatic rings. The lowest BCUT2D eigenvalue weighted by Gasteiger charge is -2.17. The second kappa shape index (κ2) is 15.5. The normalized spacial score (nSPS) is 12.5. The highest BCUT2D eigenvalue weighted by Gasteiger charge is 2.12. The Morgan fingerprint density at radius 3 is 1.38 bits per heavy atom. The average Bonchev–Trinajstić information content (AvgIpc) is 2.94. The van der Waals surface area contributed by atoms with E-state index in [-0.39, 0.29) is 5.92 Å². The van der Waals surface area contributed by atoms with Crippen molar-refractivity contribution in [3.8, 4) is 0 Å². The molecule has 6 nitrogen and oxygen atoms in total. The van der Waals surface area contributed by atoms with Gasteiger partial charge in [-0.1, -0.05) is 98.6 Å². The number of hydrogen-bond acceptors (Lipinski definition) is 6. The summed E-state index contributed by atoms with van der Waals surface area (Å²) in [5.41, 5.74) is 8.46. The van der Waals surface area contributed by atoms with Gasteiger partial charge in [0.15, 0.2) is 0 Å². The minimum atomic E-state index is -4.69. The van der Waals surface area contributed by atoms with Crippen LogP contribution in [0.15, 0.2) is 124 Å². The van der Waals surface area contributed by atoms with Crippen LogP contribution in [0.5, 0.6) is 0 Å². The van der Waals surface area contributed by atoms with Gasteiger partial charge in [-0.15, -0.1) is 0 Å². The Balaban J connectivity index is 0.000000892. The molecule has 0 saturated heterocycles. The van der Waals surface area contributed by atoms with E-state index in [1.54, 1.807) is 0 Å². The Kier molecular flexibility index (Phi) is 12.4. The van der Waals surface area contributed by atoms with E-state index in [1.165, 1.54) is 39.2 Å². The van der Waals surface area contributed by atoms with Crippen LogP contribution in [0, 0.1) is 10.2 Å². The molecule has 0 aliphatic carbocycles. The smallest absolute Gasteiger partial charge is 0.0777 e. The third-order valence-corrected chi connectivity index (χ3v) is 7.47. The molecule has 0 aromatic heterocycles. The van der Waals surface area contributed by atoms with E-state index in [1.807, 2.05) is 0 Å². The highest BCUT2D eigenvalue weighted by molar-refractivity contribution is 9.10. The van der Waals surface area contributed by atoms with Crippen LogP contribution in [0.4, 0.5) is 11.4 Å². The molecule has 1 atom stereocenters. The average molecular weight is 717 g/mol. The van der Waals surface area contributed by atoms with Crippen LogP contribution < -0.4 is 23.8 Å². The van der Waals surface area contributed by atoms with Gasteiger partial charge in [-0.2, -0.15) is 14.0 Å². The Morgan fingerprint density at radius 2 is 0.976 bits per heavy atom. The van der Waals surface area contributed by atoms with E-state index in [2.05, 4.69) is 185 Å². The van der Waals surface area contributed by atoms with Crippen LogP contribution in [0.3, 0.4) is 0 Å². The minimum Gasteiger partial charge on any atom is -0.378 e. The summed E-state index contributed by atoms with van der Waals surface area (Å²) in [7, 11) is 3.58. The zero-order chi connectivity index (χ0) is 30.9. The highest BCUT2D eigenvalue weighted by atomic mass is 79.9. The summed E-state index contributed by atoms with van der Waals surface area (Å²) in [6.07, 6.45) is 6.72. The molecule has 1 N–H and O–H groups in total. The van der Waals surface area contributed by atoms with Crippen LogP contribution in [-0.4, -0.2) is 32.8 Å². The first-order valence-electron chi connectivity index (χ1n) is 12.9. The molecular weight excluding hydrogens is 684 g/mol. The van der Waals surface area contributed by atoms with Gasteiger partial charge in [-0.3, -0.25) is 0 Å². The first kappa shape index (κ1) is 33.6. The number of anilines is 2. The SMILES string of the molecule is CN(C)c1ccc(C(=CC=CC(c2ccc(Br)cc2)c2ccc(N(C)C)cc2)c2ccc(Br)cc2)cc1.[O-][Cl+3]([O-])([O-])O. The fourth-order valence-electron chi connectivity index (χ4n) is 4.26. The van der Waals surface area contributed by atoms with E-state index in [9.17, 15) is 0 Å². The largest absolute Gasteiger partial charge is 0.378 e. The lowest BCUT2D eigenvalue weighted by Crippen LogP contribution is -2.58. The van der Waals surface area contributed by atoms with Gasteiger partial charge in [-0.05, 0) is 76.4 Å².